The number of benzene rings is 2. The first kappa shape index (κ1) is 16.0. The smallest absolute Gasteiger partial charge is 0.256 e. The minimum atomic E-state index is -0.0980. The van der Waals surface area contributed by atoms with E-state index < -0.39 is 0 Å². The van der Waals surface area contributed by atoms with Crippen LogP contribution in [0.3, 0.4) is 0 Å². The summed E-state index contributed by atoms with van der Waals surface area (Å²) in [6, 6.07) is 16.1. The van der Waals surface area contributed by atoms with Gasteiger partial charge in [0.05, 0.1) is 5.69 Å². The van der Waals surface area contributed by atoms with Crippen molar-refractivity contribution in [1.29, 1.82) is 0 Å². The second-order valence-corrected chi connectivity index (χ2v) is 6.08. The van der Waals surface area contributed by atoms with Crippen LogP contribution in [-0.4, -0.2) is 9.97 Å². The Balaban J connectivity index is 1.90. The molecule has 0 aliphatic heterocycles. The Morgan fingerprint density at radius 3 is 2.50 bits per heavy atom. The number of aryl methyl sites for hydroxylation is 3. The molecule has 0 saturated heterocycles. The number of aromatic amines is 1. The Kier molecular flexibility index (Phi) is 4.47. The van der Waals surface area contributed by atoms with Crippen LogP contribution in [0.5, 0.6) is 0 Å². The molecule has 1 heterocycles. The van der Waals surface area contributed by atoms with Crippen molar-refractivity contribution in [2.24, 2.45) is 0 Å². The van der Waals surface area contributed by atoms with Gasteiger partial charge in [0.1, 0.15) is 0 Å². The number of nitrogens with one attached hydrogen (secondary N) is 2. The predicted octanol–water partition coefficient (Wildman–Crippen LogP) is 4.03. The molecule has 0 spiro atoms. The monoisotopic (exact) mass is 319 g/mol. The minimum absolute atomic E-state index is 0.0980. The molecule has 2 N–H and O–H groups in total. The van der Waals surface area contributed by atoms with E-state index in [4.69, 9.17) is 0 Å². The minimum Gasteiger partial charge on any atom is -0.325 e. The van der Waals surface area contributed by atoms with Crippen LogP contribution < -0.4 is 10.9 Å². The summed E-state index contributed by atoms with van der Waals surface area (Å²) < 4.78 is 0. The summed E-state index contributed by atoms with van der Waals surface area (Å²) in [5.74, 6) is 0.475. The van der Waals surface area contributed by atoms with E-state index >= 15 is 0 Å². The highest BCUT2D eigenvalue weighted by atomic mass is 16.1. The van der Waals surface area contributed by atoms with Crippen LogP contribution >= 0.6 is 0 Å². The molecule has 3 aromatic rings. The maximum atomic E-state index is 12.5. The van der Waals surface area contributed by atoms with Crippen molar-refractivity contribution in [3.63, 3.8) is 0 Å². The third kappa shape index (κ3) is 3.54. The van der Waals surface area contributed by atoms with Gasteiger partial charge in [-0.1, -0.05) is 42.5 Å². The molecule has 4 nitrogen and oxygen atoms in total. The zero-order valence-corrected chi connectivity index (χ0v) is 14.2. The van der Waals surface area contributed by atoms with Crippen molar-refractivity contribution in [3.05, 3.63) is 86.8 Å². The summed E-state index contributed by atoms with van der Waals surface area (Å²) in [7, 11) is 0. The number of hydrogen-bond donors (Lipinski definition) is 2. The third-order valence-corrected chi connectivity index (χ3v) is 4.09. The molecule has 0 fully saturated rings. The molecule has 122 valence electrons. The van der Waals surface area contributed by atoms with Crippen LogP contribution in [0, 0.1) is 20.8 Å². The van der Waals surface area contributed by atoms with E-state index in [2.05, 4.69) is 21.4 Å². The highest BCUT2D eigenvalue weighted by Crippen LogP contribution is 2.20. The van der Waals surface area contributed by atoms with Crippen molar-refractivity contribution in [3.8, 4) is 0 Å². The van der Waals surface area contributed by atoms with Gasteiger partial charge in [-0.15, -0.1) is 0 Å². The van der Waals surface area contributed by atoms with E-state index in [1.807, 2.05) is 63.2 Å². The summed E-state index contributed by atoms with van der Waals surface area (Å²) in [6.45, 7) is 5.94. The first-order valence-electron chi connectivity index (χ1n) is 8.01. The molecule has 0 saturated carbocycles. The Hall–Kier alpha value is -2.88. The molecule has 0 atom stereocenters. The topological polar surface area (TPSA) is 57.8 Å². The van der Waals surface area contributed by atoms with Crippen LogP contribution in [0.4, 0.5) is 11.6 Å². The van der Waals surface area contributed by atoms with E-state index in [0.29, 0.717) is 17.9 Å². The third-order valence-electron chi connectivity index (χ3n) is 4.09. The lowest BCUT2D eigenvalue weighted by molar-refractivity contribution is 0.985. The van der Waals surface area contributed by atoms with E-state index in [9.17, 15) is 4.79 Å². The molecular weight excluding hydrogens is 298 g/mol. The fourth-order valence-electron chi connectivity index (χ4n) is 2.68. The molecule has 3 rings (SSSR count). The Labute approximate surface area is 141 Å². The zero-order valence-electron chi connectivity index (χ0n) is 14.2. The summed E-state index contributed by atoms with van der Waals surface area (Å²) in [6.07, 6.45) is 0.582. The lowest BCUT2D eigenvalue weighted by atomic mass is 10.1. The number of hydrogen-bond acceptors (Lipinski definition) is 3. The van der Waals surface area contributed by atoms with E-state index in [1.165, 1.54) is 0 Å². The maximum Gasteiger partial charge on any atom is 0.256 e. The van der Waals surface area contributed by atoms with E-state index in [1.54, 1.807) is 0 Å². The molecule has 0 aliphatic carbocycles. The van der Waals surface area contributed by atoms with Gasteiger partial charge in [-0.3, -0.25) is 9.78 Å². The molecular formula is C20H21N3O. The first-order valence-corrected chi connectivity index (χ1v) is 8.01. The molecule has 0 bridgehead atoms. The van der Waals surface area contributed by atoms with Gasteiger partial charge >= 0.3 is 0 Å². The molecule has 0 radical (unpaired) electrons. The lowest BCUT2D eigenvalue weighted by Gasteiger charge is -2.11. The lowest BCUT2D eigenvalue weighted by Crippen LogP contribution is -2.18. The summed E-state index contributed by atoms with van der Waals surface area (Å²) in [5.41, 5.74) is 5.66. The van der Waals surface area contributed by atoms with Gasteiger partial charge in [-0.2, -0.15) is 0 Å². The van der Waals surface area contributed by atoms with Crippen molar-refractivity contribution in [2.45, 2.75) is 27.2 Å². The quantitative estimate of drug-likeness (QED) is 0.763. The predicted molar refractivity (Wildman–Crippen MR) is 98.0 cm³/mol. The largest absolute Gasteiger partial charge is 0.325 e. The van der Waals surface area contributed by atoms with Crippen molar-refractivity contribution in [1.82, 2.24) is 9.97 Å². The van der Waals surface area contributed by atoms with Gasteiger partial charge in [0.2, 0.25) is 5.95 Å². The number of H-pyrrole nitrogens is 1. The van der Waals surface area contributed by atoms with E-state index in [0.717, 1.165) is 28.1 Å². The van der Waals surface area contributed by atoms with Gasteiger partial charge in [0.15, 0.2) is 0 Å². The molecule has 2 aromatic carbocycles. The second-order valence-electron chi connectivity index (χ2n) is 6.08. The average molecular weight is 319 g/mol. The van der Waals surface area contributed by atoms with Gasteiger partial charge in [-0.05, 0) is 43.5 Å². The number of rotatable bonds is 4. The average Bonchev–Trinajstić information content (AvgIpc) is 2.55. The standard InChI is InChI=1S/C20H21N3O/c1-13-9-10-14(2)18(11-13)22-20-21-15(3)17(19(24)23-20)12-16-7-5-4-6-8-16/h4-11H,12H2,1-3H3,(H2,21,22,23,24). The van der Waals surface area contributed by atoms with Crippen LogP contribution in [0.1, 0.15) is 27.9 Å². The molecule has 0 aliphatic rings. The molecule has 0 unspecified atom stereocenters. The molecule has 0 amide bonds. The van der Waals surface area contributed by atoms with Crippen molar-refractivity contribution >= 4 is 11.6 Å². The number of nitrogens with zero attached hydrogens (tertiary/aromatic N) is 1. The fraction of sp³-hybridized carbons (Fsp3) is 0.200. The normalized spacial score (nSPS) is 10.6. The second kappa shape index (κ2) is 6.71. The molecule has 4 heteroatoms. The van der Waals surface area contributed by atoms with Crippen LogP contribution in [0.15, 0.2) is 53.3 Å². The molecule has 1 aromatic heterocycles. The highest BCUT2D eigenvalue weighted by Gasteiger charge is 2.10. The van der Waals surface area contributed by atoms with Crippen LogP contribution in [0.25, 0.3) is 0 Å². The van der Waals surface area contributed by atoms with Crippen molar-refractivity contribution < 1.29 is 0 Å². The SMILES string of the molecule is Cc1ccc(C)c(Nc2nc(C)c(Cc3ccccc3)c(=O)[nH]2)c1. The van der Waals surface area contributed by atoms with Crippen molar-refractivity contribution in [2.75, 3.05) is 5.32 Å². The molecule has 24 heavy (non-hydrogen) atoms. The Morgan fingerprint density at radius 1 is 1.04 bits per heavy atom. The summed E-state index contributed by atoms with van der Waals surface area (Å²) in [4.78, 5) is 19.9. The fourth-order valence-corrected chi connectivity index (χ4v) is 2.68. The van der Waals surface area contributed by atoms with Gasteiger partial charge in [0.25, 0.3) is 5.56 Å². The van der Waals surface area contributed by atoms with Gasteiger partial charge in [0, 0.05) is 17.7 Å². The maximum absolute atomic E-state index is 12.5. The van der Waals surface area contributed by atoms with E-state index in [-0.39, 0.29) is 5.56 Å². The summed E-state index contributed by atoms with van der Waals surface area (Å²) in [5, 5.41) is 3.22. The highest BCUT2D eigenvalue weighted by molar-refractivity contribution is 5.59. The summed E-state index contributed by atoms with van der Waals surface area (Å²) >= 11 is 0. The number of anilines is 2. The van der Waals surface area contributed by atoms with Gasteiger partial charge in [-0.25, -0.2) is 4.98 Å². The van der Waals surface area contributed by atoms with Crippen LogP contribution in [-0.2, 0) is 6.42 Å². The van der Waals surface area contributed by atoms with Crippen LogP contribution in [0.2, 0.25) is 0 Å². The number of aromatic nitrogens is 2. The Bertz CT molecular complexity index is 914. The van der Waals surface area contributed by atoms with Gasteiger partial charge < -0.3 is 5.32 Å². The Morgan fingerprint density at radius 2 is 1.79 bits per heavy atom. The first-order chi connectivity index (χ1) is 11.5. The zero-order chi connectivity index (χ0) is 17.1.